The molecule has 0 aliphatic rings. The van der Waals surface area contributed by atoms with Gasteiger partial charge in [-0.2, -0.15) is 0 Å². The molecule has 0 spiro atoms. The van der Waals surface area contributed by atoms with Crippen LogP contribution in [0.2, 0.25) is 0 Å². The topological polar surface area (TPSA) is 39.7 Å². The van der Waals surface area contributed by atoms with E-state index < -0.39 is 0 Å². The first-order valence-electron chi connectivity index (χ1n) is 6.32. The molecule has 0 aliphatic carbocycles. The van der Waals surface area contributed by atoms with E-state index in [4.69, 9.17) is 20.6 Å². The third-order valence-corrected chi connectivity index (χ3v) is 2.43. The van der Waals surface area contributed by atoms with Crippen molar-refractivity contribution in [3.05, 3.63) is 29.8 Å². The van der Waals surface area contributed by atoms with E-state index in [1.165, 1.54) is 0 Å². The van der Waals surface area contributed by atoms with Crippen LogP contribution < -0.4 is 5.32 Å². The molecule has 1 rings (SSSR count). The number of benzene rings is 1. The van der Waals surface area contributed by atoms with Crippen LogP contribution in [-0.4, -0.2) is 46.7 Å². The van der Waals surface area contributed by atoms with Gasteiger partial charge in [0.15, 0.2) is 0 Å². The highest BCUT2D eigenvalue weighted by Gasteiger charge is 1.93. The quantitative estimate of drug-likeness (QED) is 0.516. The molecule has 4 heteroatoms. The second-order valence-electron chi connectivity index (χ2n) is 3.87. The van der Waals surface area contributed by atoms with Gasteiger partial charge in [-0.15, -0.1) is 6.42 Å². The SMILES string of the molecule is C#Cc1ccc(NCCOCCOCCOC)cc1. The summed E-state index contributed by atoms with van der Waals surface area (Å²) in [5.41, 5.74) is 1.92. The minimum absolute atomic E-state index is 0.597. The van der Waals surface area contributed by atoms with Gasteiger partial charge < -0.3 is 19.5 Å². The first kappa shape index (κ1) is 15.5. The van der Waals surface area contributed by atoms with E-state index in [0.29, 0.717) is 33.0 Å². The van der Waals surface area contributed by atoms with Crippen molar-refractivity contribution in [3.8, 4) is 12.3 Å². The average molecular weight is 263 g/mol. The molecule has 0 bridgehead atoms. The lowest BCUT2D eigenvalue weighted by Crippen LogP contribution is -2.13. The smallest absolute Gasteiger partial charge is 0.0701 e. The van der Waals surface area contributed by atoms with Gasteiger partial charge in [0.25, 0.3) is 0 Å². The molecule has 1 aromatic carbocycles. The highest BCUT2D eigenvalue weighted by molar-refractivity contribution is 5.47. The molecule has 19 heavy (non-hydrogen) atoms. The molecule has 1 N–H and O–H groups in total. The maximum Gasteiger partial charge on any atom is 0.0701 e. The van der Waals surface area contributed by atoms with Crippen LogP contribution in [0.3, 0.4) is 0 Å². The Morgan fingerprint density at radius 3 is 2.26 bits per heavy atom. The highest BCUT2D eigenvalue weighted by atomic mass is 16.5. The monoisotopic (exact) mass is 263 g/mol. The van der Waals surface area contributed by atoms with Crippen LogP contribution in [0.4, 0.5) is 5.69 Å². The van der Waals surface area contributed by atoms with Crippen molar-refractivity contribution >= 4 is 5.69 Å². The Bertz CT molecular complexity index is 370. The molecule has 0 saturated carbocycles. The van der Waals surface area contributed by atoms with Crippen LogP contribution in [0.15, 0.2) is 24.3 Å². The van der Waals surface area contributed by atoms with Gasteiger partial charge >= 0.3 is 0 Å². The van der Waals surface area contributed by atoms with E-state index in [-0.39, 0.29) is 0 Å². The van der Waals surface area contributed by atoms with E-state index in [1.807, 2.05) is 24.3 Å². The molecular weight excluding hydrogens is 242 g/mol. The summed E-state index contributed by atoms with van der Waals surface area (Å²) < 4.78 is 15.6. The minimum Gasteiger partial charge on any atom is -0.383 e. The molecule has 4 nitrogen and oxygen atoms in total. The first-order chi connectivity index (χ1) is 9.36. The van der Waals surface area contributed by atoms with Crippen LogP contribution in [-0.2, 0) is 14.2 Å². The molecule has 1 aromatic rings. The van der Waals surface area contributed by atoms with Crippen molar-refractivity contribution in [2.75, 3.05) is 52.0 Å². The van der Waals surface area contributed by atoms with Gasteiger partial charge in [-0.3, -0.25) is 0 Å². The number of rotatable bonds is 10. The fourth-order valence-electron chi connectivity index (χ4n) is 1.42. The van der Waals surface area contributed by atoms with Crippen LogP contribution in [0.5, 0.6) is 0 Å². The largest absolute Gasteiger partial charge is 0.383 e. The van der Waals surface area contributed by atoms with Crippen molar-refractivity contribution in [1.82, 2.24) is 0 Å². The predicted octanol–water partition coefficient (Wildman–Crippen LogP) is 1.76. The Balaban J connectivity index is 1.97. The summed E-state index contributed by atoms with van der Waals surface area (Å²) in [7, 11) is 1.65. The summed E-state index contributed by atoms with van der Waals surface area (Å²) >= 11 is 0. The Kier molecular flexibility index (Phi) is 8.48. The van der Waals surface area contributed by atoms with E-state index >= 15 is 0 Å². The molecule has 0 amide bonds. The van der Waals surface area contributed by atoms with Crippen molar-refractivity contribution in [3.63, 3.8) is 0 Å². The minimum atomic E-state index is 0.597. The van der Waals surface area contributed by atoms with E-state index in [0.717, 1.165) is 17.8 Å². The lowest BCUT2D eigenvalue weighted by Gasteiger charge is -2.08. The van der Waals surface area contributed by atoms with Gasteiger partial charge in [-0.25, -0.2) is 0 Å². The van der Waals surface area contributed by atoms with E-state index in [1.54, 1.807) is 7.11 Å². The fourth-order valence-corrected chi connectivity index (χ4v) is 1.42. The number of methoxy groups -OCH3 is 1. The molecule has 0 radical (unpaired) electrons. The molecule has 0 aliphatic heterocycles. The molecule has 104 valence electrons. The first-order valence-corrected chi connectivity index (χ1v) is 6.32. The normalized spacial score (nSPS) is 10.1. The molecule has 0 fully saturated rings. The Labute approximate surface area is 115 Å². The van der Waals surface area contributed by atoms with Crippen LogP contribution in [0.1, 0.15) is 5.56 Å². The molecule has 0 aromatic heterocycles. The molecule has 0 atom stereocenters. The highest BCUT2D eigenvalue weighted by Crippen LogP contribution is 2.07. The average Bonchev–Trinajstić information content (AvgIpc) is 2.46. The number of anilines is 1. The van der Waals surface area contributed by atoms with Gasteiger partial charge in [0.1, 0.15) is 0 Å². The van der Waals surface area contributed by atoms with Crippen LogP contribution in [0, 0.1) is 12.3 Å². The van der Waals surface area contributed by atoms with Crippen molar-refractivity contribution < 1.29 is 14.2 Å². The summed E-state index contributed by atoms with van der Waals surface area (Å²) in [6.45, 7) is 3.83. The maximum absolute atomic E-state index is 5.42. The summed E-state index contributed by atoms with van der Waals surface area (Å²) in [4.78, 5) is 0. The maximum atomic E-state index is 5.42. The number of hydrogen-bond acceptors (Lipinski definition) is 4. The summed E-state index contributed by atoms with van der Waals surface area (Å²) in [6, 6.07) is 7.74. The molecule has 0 saturated heterocycles. The zero-order valence-electron chi connectivity index (χ0n) is 11.4. The standard InChI is InChI=1S/C15H21NO3/c1-3-14-4-6-15(7-5-14)16-8-9-18-12-13-19-11-10-17-2/h1,4-7,16H,8-13H2,2H3. The van der Waals surface area contributed by atoms with Gasteiger partial charge in [-0.05, 0) is 24.3 Å². The number of hydrogen-bond donors (Lipinski definition) is 1. The van der Waals surface area contributed by atoms with Gasteiger partial charge in [0, 0.05) is 24.9 Å². The van der Waals surface area contributed by atoms with E-state index in [2.05, 4.69) is 11.2 Å². The Hall–Kier alpha value is -1.54. The Morgan fingerprint density at radius 1 is 1.00 bits per heavy atom. The van der Waals surface area contributed by atoms with Gasteiger partial charge in [0.05, 0.1) is 33.0 Å². The summed E-state index contributed by atoms with van der Waals surface area (Å²) in [6.07, 6.45) is 5.29. The van der Waals surface area contributed by atoms with Crippen molar-refractivity contribution in [2.24, 2.45) is 0 Å². The lowest BCUT2D eigenvalue weighted by atomic mass is 10.2. The lowest BCUT2D eigenvalue weighted by molar-refractivity contribution is 0.0272. The van der Waals surface area contributed by atoms with Crippen LogP contribution in [0.25, 0.3) is 0 Å². The third-order valence-electron chi connectivity index (χ3n) is 2.43. The molecular formula is C15H21NO3. The third kappa shape index (κ3) is 7.47. The van der Waals surface area contributed by atoms with Gasteiger partial charge in [-0.1, -0.05) is 5.92 Å². The van der Waals surface area contributed by atoms with Crippen molar-refractivity contribution in [2.45, 2.75) is 0 Å². The number of ether oxygens (including phenoxy) is 3. The summed E-state index contributed by atoms with van der Waals surface area (Å²) in [5.74, 6) is 2.58. The van der Waals surface area contributed by atoms with Crippen molar-refractivity contribution in [1.29, 1.82) is 0 Å². The molecule has 0 unspecified atom stereocenters. The molecule has 0 heterocycles. The second kappa shape index (κ2) is 10.4. The second-order valence-corrected chi connectivity index (χ2v) is 3.87. The number of nitrogens with one attached hydrogen (secondary N) is 1. The number of terminal acetylenes is 1. The zero-order valence-corrected chi connectivity index (χ0v) is 11.4. The predicted molar refractivity (Wildman–Crippen MR) is 76.4 cm³/mol. The van der Waals surface area contributed by atoms with Crippen LogP contribution >= 0.6 is 0 Å². The zero-order chi connectivity index (χ0) is 13.8. The van der Waals surface area contributed by atoms with Gasteiger partial charge in [0.2, 0.25) is 0 Å². The summed E-state index contributed by atoms with van der Waals surface area (Å²) in [5, 5.41) is 3.25. The fraction of sp³-hybridized carbons (Fsp3) is 0.467. The Morgan fingerprint density at radius 2 is 1.63 bits per heavy atom. The van der Waals surface area contributed by atoms with E-state index in [9.17, 15) is 0 Å².